The lowest BCUT2D eigenvalue weighted by Gasteiger charge is -2.38. The molecule has 0 bridgehead atoms. The van der Waals surface area contributed by atoms with Crippen LogP contribution in [-0.2, 0) is 6.54 Å². The van der Waals surface area contributed by atoms with Crippen molar-refractivity contribution in [1.29, 1.82) is 5.26 Å². The molecule has 1 N–H and O–H groups in total. The Balaban J connectivity index is 1.38. The van der Waals surface area contributed by atoms with Crippen LogP contribution in [0.1, 0.15) is 28.4 Å². The fourth-order valence-corrected chi connectivity index (χ4v) is 4.29. The molecule has 0 spiro atoms. The highest BCUT2D eigenvalue weighted by atomic mass is 16.4. The normalized spacial score (nSPS) is 15.9. The van der Waals surface area contributed by atoms with Crippen LogP contribution in [-0.4, -0.2) is 64.6 Å². The van der Waals surface area contributed by atoms with Crippen molar-refractivity contribution >= 4 is 17.7 Å². The van der Waals surface area contributed by atoms with Crippen molar-refractivity contribution in [2.45, 2.75) is 19.5 Å². The third-order valence-electron chi connectivity index (χ3n) is 6.29. The minimum Gasteiger partial charge on any atom is -0.465 e. The molecule has 8 heteroatoms. The van der Waals surface area contributed by atoms with Crippen molar-refractivity contribution in [2.75, 3.05) is 31.6 Å². The van der Waals surface area contributed by atoms with Gasteiger partial charge in [0.05, 0.1) is 22.9 Å². The lowest BCUT2D eigenvalue weighted by Crippen LogP contribution is -2.53. The van der Waals surface area contributed by atoms with E-state index in [2.05, 4.69) is 16.0 Å². The Hall–Kier alpha value is -4.22. The first kappa shape index (κ1) is 23.9. The van der Waals surface area contributed by atoms with Gasteiger partial charge in [-0.25, -0.2) is 4.79 Å². The summed E-state index contributed by atoms with van der Waals surface area (Å²) in [5.41, 5.74) is 4.44. The first-order chi connectivity index (χ1) is 16.9. The summed E-state index contributed by atoms with van der Waals surface area (Å²) in [5.74, 6) is -0.166. The van der Waals surface area contributed by atoms with Crippen molar-refractivity contribution < 1.29 is 14.7 Å². The maximum absolute atomic E-state index is 13.0. The Morgan fingerprint density at radius 1 is 1.14 bits per heavy atom. The molecule has 1 aromatic heterocycles. The molecule has 35 heavy (non-hydrogen) atoms. The van der Waals surface area contributed by atoms with Gasteiger partial charge in [-0.2, -0.15) is 5.26 Å². The standard InChI is InChI=1S/C27H27N5O3/c1-19-17-31(12-13-32(19)27(34)35)18-20-6-9-24(10-7-20)30(2)26(33)23-8-11-25(29-16-23)22-5-3-4-21(14-22)15-28/h3-11,14,16,19H,12-13,17-18H2,1-2H3,(H,34,35)/t19-/m0/s1. The predicted molar refractivity (Wildman–Crippen MR) is 133 cm³/mol. The van der Waals surface area contributed by atoms with E-state index < -0.39 is 6.09 Å². The zero-order valence-electron chi connectivity index (χ0n) is 19.8. The van der Waals surface area contributed by atoms with Gasteiger partial charge >= 0.3 is 6.09 Å². The number of hydrogen-bond donors (Lipinski definition) is 1. The minimum absolute atomic E-state index is 0.0421. The van der Waals surface area contributed by atoms with Crippen LogP contribution >= 0.6 is 0 Å². The second-order valence-corrected chi connectivity index (χ2v) is 8.72. The number of amides is 2. The van der Waals surface area contributed by atoms with E-state index >= 15 is 0 Å². The number of carboxylic acid groups (broad SMARTS) is 1. The topological polar surface area (TPSA) is 101 Å². The largest absolute Gasteiger partial charge is 0.465 e. The summed E-state index contributed by atoms with van der Waals surface area (Å²) in [7, 11) is 1.73. The molecule has 0 radical (unpaired) electrons. The second-order valence-electron chi connectivity index (χ2n) is 8.72. The molecular weight excluding hydrogens is 442 g/mol. The van der Waals surface area contributed by atoms with Crippen LogP contribution in [0.3, 0.4) is 0 Å². The Kier molecular flexibility index (Phi) is 7.09. The summed E-state index contributed by atoms with van der Waals surface area (Å²) in [5, 5.41) is 18.3. The number of carbonyl (C=O) groups excluding carboxylic acids is 1. The van der Waals surface area contributed by atoms with Gasteiger partial charge < -0.3 is 14.9 Å². The van der Waals surface area contributed by atoms with Gasteiger partial charge in [0, 0.05) is 56.7 Å². The molecule has 2 aromatic carbocycles. The Labute approximate surface area is 204 Å². The average Bonchev–Trinajstić information content (AvgIpc) is 2.88. The van der Waals surface area contributed by atoms with E-state index in [9.17, 15) is 14.7 Å². The summed E-state index contributed by atoms with van der Waals surface area (Å²) < 4.78 is 0. The lowest BCUT2D eigenvalue weighted by atomic mass is 10.1. The monoisotopic (exact) mass is 469 g/mol. The molecule has 178 valence electrons. The van der Waals surface area contributed by atoms with E-state index in [0.717, 1.165) is 23.4 Å². The van der Waals surface area contributed by atoms with Gasteiger partial charge in [0.25, 0.3) is 5.91 Å². The molecule has 0 aliphatic carbocycles. The zero-order valence-corrected chi connectivity index (χ0v) is 19.8. The molecule has 2 heterocycles. The Morgan fingerprint density at radius 3 is 2.54 bits per heavy atom. The number of hydrogen-bond acceptors (Lipinski definition) is 5. The first-order valence-corrected chi connectivity index (χ1v) is 11.4. The Morgan fingerprint density at radius 2 is 1.91 bits per heavy atom. The highest BCUT2D eigenvalue weighted by molar-refractivity contribution is 6.05. The lowest BCUT2D eigenvalue weighted by molar-refractivity contribution is 0.0711. The summed E-state index contributed by atoms with van der Waals surface area (Å²) in [6, 6.07) is 20.6. The van der Waals surface area contributed by atoms with E-state index in [0.29, 0.717) is 36.5 Å². The van der Waals surface area contributed by atoms with Gasteiger partial charge in [-0.3, -0.25) is 14.7 Å². The molecule has 2 amide bonds. The summed E-state index contributed by atoms with van der Waals surface area (Å²) in [6.45, 7) is 4.54. The second kappa shape index (κ2) is 10.4. The van der Waals surface area contributed by atoms with E-state index in [4.69, 9.17) is 5.26 Å². The molecule has 1 aliphatic heterocycles. The van der Waals surface area contributed by atoms with Gasteiger partial charge in [-0.05, 0) is 48.9 Å². The number of aromatic nitrogens is 1. The minimum atomic E-state index is -0.868. The van der Waals surface area contributed by atoms with Crippen LogP contribution in [0.4, 0.5) is 10.5 Å². The fraction of sp³-hybridized carbons (Fsp3) is 0.259. The molecule has 4 rings (SSSR count). The molecule has 0 unspecified atom stereocenters. The Bertz CT molecular complexity index is 1250. The quantitative estimate of drug-likeness (QED) is 0.604. The van der Waals surface area contributed by atoms with E-state index in [-0.39, 0.29) is 11.9 Å². The van der Waals surface area contributed by atoms with Gasteiger partial charge in [0.1, 0.15) is 0 Å². The van der Waals surface area contributed by atoms with Crippen molar-refractivity contribution in [3.05, 3.63) is 83.6 Å². The number of nitriles is 1. The molecule has 1 atom stereocenters. The summed E-state index contributed by atoms with van der Waals surface area (Å²) in [4.78, 5) is 34.0. The highest BCUT2D eigenvalue weighted by Crippen LogP contribution is 2.21. The smallest absolute Gasteiger partial charge is 0.407 e. The number of rotatable bonds is 5. The molecule has 1 fully saturated rings. The van der Waals surface area contributed by atoms with E-state index in [1.54, 1.807) is 42.4 Å². The molecule has 3 aromatic rings. The molecular formula is C27H27N5O3. The van der Waals surface area contributed by atoms with Crippen LogP contribution in [0.5, 0.6) is 0 Å². The van der Waals surface area contributed by atoms with Crippen molar-refractivity contribution in [1.82, 2.24) is 14.8 Å². The number of anilines is 1. The SMILES string of the molecule is C[C@H]1CN(Cc2ccc(N(C)C(=O)c3ccc(-c4cccc(C#N)c4)nc3)cc2)CCN1C(=O)O. The molecule has 1 saturated heterocycles. The number of nitrogens with zero attached hydrogens (tertiary/aromatic N) is 5. The molecule has 1 aliphatic rings. The maximum Gasteiger partial charge on any atom is 0.407 e. The number of piperazine rings is 1. The number of carbonyl (C=O) groups is 2. The van der Waals surface area contributed by atoms with Crippen molar-refractivity contribution in [3.63, 3.8) is 0 Å². The highest BCUT2D eigenvalue weighted by Gasteiger charge is 2.27. The van der Waals surface area contributed by atoms with Crippen molar-refractivity contribution in [3.8, 4) is 17.3 Å². The summed E-state index contributed by atoms with van der Waals surface area (Å²) in [6.07, 6.45) is 0.687. The molecule has 0 saturated carbocycles. The van der Waals surface area contributed by atoms with E-state index in [1.807, 2.05) is 43.3 Å². The van der Waals surface area contributed by atoms with Gasteiger partial charge in [-0.1, -0.05) is 24.3 Å². The fourth-order valence-electron chi connectivity index (χ4n) is 4.29. The van der Waals surface area contributed by atoms with E-state index in [1.165, 1.54) is 4.90 Å². The number of pyridine rings is 1. The number of benzene rings is 2. The maximum atomic E-state index is 13.0. The third kappa shape index (κ3) is 5.48. The van der Waals surface area contributed by atoms with Gasteiger partial charge in [0.15, 0.2) is 0 Å². The van der Waals surface area contributed by atoms with Crippen LogP contribution in [0.15, 0.2) is 66.9 Å². The summed E-state index contributed by atoms with van der Waals surface area (Å²) >= 11 is 0. The van der Waals surface area contributed by atoms with Crippen LogP contribution in [0.25, 0.3) is 11.3 Å². The third-order valence-corrected chi connectivity index (χ3v) is 6.29. The molecule has 8 nitrogen and oxygen atoms in total. The first-order valence-electron chi connectivity index (χ1n) is 11.4. The van der Waals surface area contributed by atoms with Gasteiger partial charge in [0.2, 0.25) is 0 Å². The van der Waals surface area contributed by atoms with Crippen molar-refractivity contribution in [2.24, 2.45) is 0 Å². The predicted octanol–water partition coefficient (Wildman–Crippen LogP) is 4.08. The van der Waals surface area contributed by atoms with Gasteiger partial charge in [-0.15, -0.1) is 0 Å². The zero-order chi connectivity index (χ0) is 24.9. The average molecular weight is 470 g/mol. The van der Waals surface area contributed by atoms with Crippen LogP contribution in [0.2, 0.25) is 0 Å². The van der Waals surface area contributed by atoms with Crippen LogP contribution in [0, 0.1) is 11.3 Å². The van der Waals surface area contributed by atoms with Crippen LogP contribution < -0.4 is 4.90 Å².